The second-order valence-electron chi connectivity index (χ2n) is 4.75. The highest BCUT2D eigenvalue weighted by Crippen LogP contribution is 2.42. The van der Waals surface area contributed by atoms with Gasteiger partial charge in [0.1, 0.15) is 5.82 Å². The lowest BCUT2D eigenvalue weighted by molar-refractivity contribution is -0.103. The van der Waals surface area contributed by atoms with E-state index in [-0.39, 0.29) is 12.4 Å². The van der Waals surface area contributed by atoms with E-state index in [0.29, 0.717) is 0 Å². The number of nitrogen functional groups attached to an aromatic ring is 1. The predicted molar refractivity (Wildman–Crippen MR) is 62.6 cm³/mol. The van der Waals surface area contributed by atoms with Gasteiger partial charge in [0, 0.05) is 12.1 Å². The van der Waals surface area contributed by atoms with Gasteiger partial charge < -0.3 is 15.6 Å². The van der Waals surface area contributed by atoms with E-state index in [4.69, 9.17) is 10.5 Å². The smallest absolute Gasteiger partial charge is 0.351 e. The van der Waals surface area contributed by atoms with Crippen LogP contribution in [0.4, 0.5) is 10.2 Å². The van der Waals surface area contributed by atoms with Gasteiger partial charge in [0.05, 0.1) is 12.2 Å². The van der Waals surface area contributed by atoms with Crippen molar-refractivity contribution in [1.82, 2.24) is 9.55 Å². The molecule has 1 aromatic heterocycles. The molecule has 1 fully saturated rings. The number of aromatic nitrogens is 2. The van der Waals surface area contributed by atoms with Crippen LogP contribution in [0.25, 0.3) is 0 Å². The quantitative estimate of drug-likeness (QED) is 0.783. The van der Waals surface area contributed by atoms with E-state index < -0.39 is 29.6 Å². The minimum Gasteiger partial charge on any atom is -0.393 e. The Morgan fingerprint density at radius 1 is 1.72 bits per heavy atom. The van der Waals surface area contributed by atoms with E-state index in [0.717, 1.165) is 4.57 Å². The van der Waals surface area contributed by atoms with E-state index in [1.807, 2.05) is 0 Å². The first-order chi connectivity index (χ1) is 8.39. The zero-order valence-electron chi connectivity index (χ0n) is 10.2. The van der Waals surface area contributed by atoms with Crippen molar-refractivity contribution in [3.05, 3.63) is 22.7 Å². The summed E-state index contributed by atoms with van der Waals surface area (Å²) in [4.78, 5) is 15.2. The van der Waals surface area contributed by atoms with Gasteiger partial charge in [0.15, 0.2) is 12.4 Å². The minimum atomic E-state index is -1.40. The maximum Gasteiger partial charge on any atom is 0.351 e. The Hall–Kier alpha value is -1.47. The molecule has 0 radical (unpaired) electrons. The minimum absolute atomic E-state index is 0.0719. The molecule has 3 N–H and O–H groups in total. The second kappa shape index (κ2) is 4.33. The van der Waals surface area contributed by atoms with Gasteiger partial charge in [-0.1, -0.05) is 6.92 Å². The van der Waals surface area contributed by atoms with Gasteiger partial charge in [-0.2, -0.15) is 4.98 Å². The third-order valence-corrected chi connectivity index (χ3v) is 3.54. The highest BCUT2D eigenvalue weighted by molar-refractivity contribution is 5.23. The van der Waals surface area contributed by atoms with Gasteiger partial charge >= 0.3 is 5.69 Å². The van der Waals surface area contributed by atoms with Crippen LogP contribution in [0.2, 0.25) is 0 Å². The Morgan fingerprint density at radius 3 is 2.89 bits per heavy atom. The van der Waals surface area contributed by atoms with Crippen molar-refractivity contribution in [2.24, 2.45) is 5.92 Å². The summed E-state index contributed by atoms with van der Waals surface area (Å²) in [6.45, 7) is 2.93. The molecule has 4 atom stereocenters. The molecule has 2 heterocycles. The molecule has 0 spiro atoms. The van der Waals surface area contributed by atoms with Crippen LogP contribution >= 0.6 is 0 Å². The average molecular weight is 257 g/mol. The molecule has 0 saturated carbocycles. The van der Waals surface area contributed by atoms with Crippen LogP contribution in [0.15, 0.2) is 17.1 Å². The first kappa shape index (κ1) is 13.0. The Labute approximate surface area is 103 Å². The molecule has 1 aliphatic heterocycles. The second-order valence-corrected chi connectivity index (χ2v) is 4.75. The molecule has 1 aliphatic rings. The molecule has 6 nitrogen and oxygen atoms in total. The Kier molecular flexibility index (Phi) is 3.12. The SMILES string of the molecule is C[C@H]1[C@@H](F)[C@H](n2ccc(N)nc2=O)O[C@]1(C)CO. The van der Waals surface area contributed by atoms with Crippen molar-refractivity contribution < 1.29 is 14.2 Å². The van der Waals surface area contributed by atoms with Gasteiger partial charge in [-0.15, -0.1) is 0 Å². The maximum atomic E-state index is 14.2. The predicted octanol–water partition coefficient (Wildman–Crippen LogP) is 0.0795. The first-order valence-corrected chi connectivity index (χ1v) is 5.66. The van der Waals surface area contributed by atoms with Crippen LogP contribution in [-0.2, 0) is 4.74 Å². The number of aliphatic hydroxyl groups excluding tert-OH is 1. The van der Waals surface area contributed by atoms with Crippen molar-refractivity contribution >= 4 is 5.82 Å². The van der Waals surface area contributed by atoms with Crippen molar-refractivity contribution in [2.45, 2.75) is 31.8 Å². The third kappa shape index (κ3) is 1.89. The third-order valence-electron chi connectivity index (χ3n) is 3.54. The van der Waals surface area contributed by atoms with E-state index in [2.05, 4.69) is 4.98 Å². The molecule has 100 valence electrons. The van der Waals surface area contributed by atoms with Gasteiger partial charge in [-0.05, 0) is 13.0 Å². The van der Waals surface area contributed by atoms with Crippen LogP contribution in [0.3, 0.4) is 0 Å². The van der Waals surface area contributed by atoms with E-state index in [1.165, 1.54) is 12.3 Å². The van der Waals surface area contributed by atoms with Crippen molar-refractivity contribution in [3.8, 4) is 0 Å². The van der Waals surface area contributed by atoms with E-state index >= 15 is 0 Å². The van der Waals surface area contributed by atoms with Crippen LogP contribution in [0.5, 0.6) is 0 Å². The monoisotopic (exact) mass is 257 g/mol. The fraction of sp³-hybridized carbons (Fsp3) is 0.636. The topological polar surface area (TPSA) is 90.4 Å². The fourth-order valence-electron chi connectivity index (χ4n) is 2.04. The summed E-state index contributed by atoms with van der Waals surface area (Å²) >= 11 is 0. The number of hydrogen-bond acceptors (Lipinski definition) is 5. The van der Waals surface area contributed by atoms with Crippen LogP contribution < -0.4 is 11.4 Å². The zero-order chi connectivity index (χ0) is 13.5. The molecule has 1 saturated heterocycles. The number of nitrogens with zero attached hydrogens (tertiary/aromatic N) is 2. The summed E-state index contributed by atoms with van der Waals surface area (Å²) in [6, 6.07) is 1.40. The highest BCUT2D eigenvalue weighted by Gasteiger charge is 2.51. The van der Waals surface area contributed by atoms with Gasteiger partial charge in [0.2, 0.25) is 0 Å². The molecule has 0 bridgehead atoms. The number of alkyl halides is 1. The van der Waals surface area contributed by atoms with E-state index in [1.54, 1.807) is 13.8 Å². The van der Waals surface area contributed by atoms with Gasteiger partial charge in [-0.3, -0.25) is 4.57 Å². The number of ether oxygens (including phenoxy) is 1. The molecule has 2 rings (SSSR count). The molecule has 0 aliphatic carbocycles. The fourth-order valence-corrected chi connectivity index (χ4v) is 2.04. The molecule has 0 aromatic carbocycles. The summed E-state index contributed by atoms with van der Waals surface area (Å²) in [5, 5.41) is 9.28. The lowest BCUT2D eigenvalue weighted by Crippen LogP contribution is -2.36. The molecule has 1 aromatic rings. The lowest BCUT2D eigenvalue weighted by atomic mass is 9.90. The first-order valence-electron chi connectivity index (χ1n) is 5.66. The van der Waals surface area contributed by atoms with Crippen molar-refractivity contribution in [3.63, 3.8) is 0 Å². The zero-order valence-corrected chi connectivity index (χ0v) is 10.2. The number of anilines is 1. The summed E-state index contributed by atoms with van der Waals surface area (Å²) < 4.78 is 20.7. The van der Waals surface area contributed by atoms with Gasteiger partial charge in [0.25, 0.3) is 0 Å². The Morgan fingerprint density at radius 2 is 2.39 bits per heavy atom. The molecule has 0 unspecified atom stereocenters. The number of nitrogens with two attached hydrogens (primary N) is 1. The van der Waals surface area contributed by atoms with Crippen molar-refractivity contribution in [2.75, 3.05) is 12.3 Å². The maximum absolute atomic E-state index is 14.2. The number of aliphatic hydroxyl groups is 1. The number of halogens is 1. The molecule has 7 heteroatoms. The largest absolute Gasteiger partial charge is 0.393 e. The molecular weight excluding hydrogens is 241 g/mol. The Bertz CT molecular complexity index is 507. The standard InChI is InChI=1S/C11H16FN3O3/c1-6-8(12)9(18-11(6,2)5-16)15-4-3-7(13)14-10(15)17/h3-4,6,8-9,16H,5H2,1-2H3,(H2,13,14,17)/t6-,8+,9+,11+/m0/s1. The highest BCUT2D eigenvalue weighted by atomic mass is 19.1. The average Bonchev–Trinajstić information content (AvgIpc) is 2.55. The molecule has 0 amide bonds. The lowest BCUT2D eigenvalue weighted by Gasteiger charge is -2.25. The van der Waals surface area contributed by atoms with Crippen LogP contribution in [0, 0.1) is 5.92 Å². The van der Waals surface area contributed by atoms with Crippen molar-refractivity contribution in [1.29, 1.82) is 0 Å². The van der Waals surface area contributed by atoms with Crippen LogP contribution in [0.1, 0.15) is 20.1 Å². The Balaban J connectivity index is 2.38. The molecular formula is C11H16FN3O3. The summed E-state index contributed by atoms with van der Waals surface area (Å²) in [5.41, 5.74) is 3.69. The summed E-state index contributed by atoms with van der Waals surface area (Å²) in [6.07, 6.45) is -1.14. The number of hydrogen-bond donors (Lipinski definition) is 2. The normalized spacial score (nSPS) is 35.9. The van der Waals surface area contributed by atoms with Crippen LogP contribution in [-0.4, -0.2) is 33.0 Å². The van der Waals surface area contributed by atoms with E-state index in [9.17, 15) is 14.3 Å². The summed E-state index contributed by atoms with van der Waals surface area (Å²) in [5.74, 6) is -0.459. The van der Waals surface area contributed by atoms with Gasteiger partial charge in [-0.25, -0.2) is 9.18 Å². The molecule has 18 heavy (non-hydrogen) atoms. The number of rotatable bonds is 2. The summed E-state index contributed by atoms with van der Waals surface area (Å²) in [7, 11) is 0.